The first-order chi connectivity index (χ1) is 14.8. The van der Waals surface area contributed by atoms with Crippen LogP contribution in [-0.4, -0.2) is 4.98 Å². The molecule has 1 aliphatic carbocycles. The smallest absolute Gasteiger partial charge is 0.105 e. The first-order valence-electron chi connectivity index (χ1n) is 10.4. The number of rotatable bonds is 5. The van der Waals surface area contributed by atoms with Gasteiger partial charge in [0.25, 0.3) is 0 Å². The van der Waals surface area contributed by atoms with Crippen LogP contribution in [0.1, 0.15) is 29.3 Å². The summed E-state index contributed by atoms with van der Waals surface area (Å²) in [5, 5.41) is 2.48. The Hall–Kier alpha value is -2.80. The molecular weight excluding hydrogens is 385 g/mol. The molecule has 0 saturated carbocycles. The highest BCUT2D eigenvalue weighted by Crippen LogP contribution is 2.46. The third kappa shape index (κ3) is 3.81. The van der Waals surface area contributed by atoms with Gasteiger partial charge in [0.15, 0.2) is 0 Å². The Kier molecular flexibility index (Phi) is 5.45. The maximum Gasteiger partial charge on any atom is 0.105 e. The molecule has 0 radical (unpaired) electrons. The van der Waals surface area contributed by atoms with Crippen molar-refractivity contribution < 1.29 is 4.52 Å². The molecule has 1 aromatic heterocycles. The quantitative estimate of drug-likeness (QED) is 0.371. The number of hydrogen-bond acceptors (Lipinski definition) is 2. The van der Waals surface area contributed by atoms with Gasteiger partial charge in [-0.3, -0.25) is 0 Å². The molecule has 0 aliphatic heterocycles. The molecule has 0 spiro atoms. The van der Waals surface area contributed by atoms with Crippen LogP contribution in [0.3, 0.4) is 0 Å². The van der Waals surface area contributed by atoms with Crippen molar-refractivity contribution in [3.05, 3.63) is 114 Å². The first-order valence-corrected chi connectivity index (χ1v) is 11.7. The van der Waals surface area contributed by atoms with Crippen molar-refractivity contribution in [1.82, 2.24) is 4.98 Å². The molecule has 5 rings (SSSR count). The van der Waals surface area contributed by atoms with Gasteiger partial charge in [-0.2, -0.15) is 0 Å². The van der Waals surface area contributed by atoms with Crippen LogP contribution in [0.4, 0.5) is 0 Å². The molecule has 0 amide bonds. The van der Waals surface area contributed by atoms with Crippen LogP contribution >= 0.6 is 8.15 Å². The molecule has 1 atom stereocenters. The standard InChI is InChI=1S/C27H24NOP/c1-20-19-25(21-11-5-2-6-12-21)28-27-24(20)17-18-26(27)29-30(22-13-7-3-8-14-22)23-15-9-4-10-16-23/h2-16,19,26H,17-18H2,1H3/t26-/m1/s1. The predicted molar refractivity (Wildman–Crippen MR) is 126 cm³/mol. The molecule has 3 heteroatoms. The van der Waals surface area contributed by atoms with E-state index in [4.69, 9.17) is 9.51 Å². The Balaban J connectivity index is 1.52. The topological polar surface area (TPSA) is 22.1 Å². The van der Waals surface area contributed by atoms with Crippen molar-refractivity contribution in [2.75, 3.05) is 0 Å². The van der Waals surface area contributed by atoms with Crippen LogP contribution in [0.2, 0.25) is 0 Å². The van der Waals surface area contributed by atoms with Crippen LogP contribution in [0, 0.1) is 6.92 Å². The number of benzene rings is 3. The average Bonchev–Trinajstić information content (AvgIpc) is 3.22. The molecule has 0 unspecified atom stereocenters. The summed E-state index contributed by atoms with van der Waals surface area (Å²) in [5.74, 6) is 0. The Labute approximate surface area is 179 Å². The molecule has 0 N–H and O–H groups in total. The van der Waals surface area contributed by atoms with Gasteiger partial charge in [-0.25, -0.2) is 4.98 Å². The summed E-state index contributed by atoms with van der Waals surface area (Å²) in [7, 11) is -0.900. The molecule has 30 heavy (non-hydrogen) atoms. The van der Waals surface area contributed by atoms with E-state index in [2.05, 4.69) is 97.9 Å². The molecular formula is C27H24NOP. The Morgan fingerprint density at radius 1 is 0.800 bits per heavy atom. The highest BCUT2D eigenvalue weighted by Gasteiger charge is 2.30. The highest BCUT2D eigenvalue weighted by atomic mass is 31.1. The fourth-order valence-corrected chi connectivity index (χ4v) is 6.00. The fourth-order valence-electron chi connectivity index (χ4n) is 4.11. The first kappa shape index (κ1) is 19.2. The zero-order valence-corrected chi connectivity index (χ0v) is 17.9. The van der Waals surface area contributed by atoms with E-state index in [1.807, 2.05) is 6.07 Å². The van der Waals surface area contributed by atoms with Crippen LogP contribution in [-0.2, 0) is 10.9 Å². The van der Waals surface area contributed by atoms with Crippen LogP contribution in [0.15, 0.2) is 97.1 Å². The lowest BCUT2D eigenvalue weighted by atomic mass is 10.0. The molecule has 2 nitrogen and oxygen atoms in total. The van der Waals surface area contributed by atoms with Gasteiger partial charge in [-0.15, -0.1) is 0 Å². The Morgan fingerprint density at radius 3 is 1.97 bits per heavy atom. The van der Waals surface area contributed by atoms with Crippen LogP contribution < -0.4 is 10.6 Å². The van der Waals surface area contributed by atoms with E-state index in [9.17, 15) is 0 Å². The Bertz CT molecular complexity index is 1090. The van der Waals surface area contributed by atoms with Gasteiger partial charge in [0, 0.05) is 16.2 Å². The SMILES string of the molecule is Cc1cc(-c2ccccc2)nc2c1CC[C@H]2OP(c1ccccc1)c1ccccc1. The lowest BCUT2D eigenvalue weighted by Crippen LogP contribution is -2.15. The number of nitrogens with zero attached hydrogens (tertiary/aromatic N) is 1. The second-order valence-corrected chi connectivity index (χ2v) is 9.48. The maximum absolute atomic E-state index is 6.86. The maximum atomic E-state index is 6.86. The highest BCUT2D eigenvalue weighted by molar-refractivity contribution is 7.68. The third-order valence-corrected chi connectivity index (χ3v) is 7.62. The molecule has 0 saturated heterocycles. The normalized spacial score (nSPS) is 15.3. The van der Waals surface area contributed by atoms with Gasteiger partial charge < -0.3 is 4.52 Å². The van der Waals surface area contributed by atoms with Gasteiger partial charge >= 0.3 is 0 Å². The minimum atomic E-state index is -0.900. The van der Waals surface area contributed by atoms with E-state index < -0.39 is 8.15 Å². The lowest BCUT2D eigenvalue weighted by Gasteiger charge is -2.23. The van der Waals surface area contributed by atoms with Crippen molar-refractivity contribution >= 4 is 18.8 Å². The summed E-state index contributed by atoms with van der Waals surface area (Å²) in [5.41, 5.74) is 5.98. The molecule has 148 valence electrons. The van der Waals surface area contributed by atoms with Crippen molar-refractivity contribution in [3.8, 4) is 11.3 Å². The van der Waals surface area contributed by atoms with Crippen LogP contribution in [0.5, 0.6) is 0 Å². The number of hydrogen-bond donors (Lipinski definition) is 0. The lowest BCUT2D eigenvalue weighted by molar-refractivity contribution is 0.234. The van der Waals surface area contributed by atoms with Gasteiger partial charge in [0.1, 0.15) is 6.10 Å². The van der Waals surface area contributed by atoms with Crippen molar-refractivity contribution in [2.24, 2.45) is 0 Å². The molecule has 0 bridgehead atoms. The monoisotopic (exact) mass is 409 g/mol. The summed E-state index contributed by atoms with van der Waals surface area (Å²) in [4.78, 5) is 5.09. The van der Waals surface area contributed by atoms with E-state index in [1.54, 1.807) is 0 Å². The van der Waals surface area contributed by atoms with Gasteiger partial charge in [0.05, 0.1) is 19.5 Å². The molecule has 0 fully saturated rings. The van der Waals surface area contributed by atoms with E-state index in [1.165, 1.54) is 21.7 Å². The number of fused-ring (bicyclic) bond motifs is 1. The summed E-state index contributed by atoms with van der Waals surface area (Å²) in [6.45, 7) is 2.20. The number of aryl methyl sites for hydroxylation is 1. The molecule has 1 heterocycles. The average molecular weight is 409 g/mol. The minimum absolute atomic E-state index is 0.0221. The van der Waals surface area contributed by atoms with E-state index in [0.717, 1.165) is 29.8 Å². The predicted octanol–water partition coefficient (Wildman–Crippen LogP) is 6.11. The van der Waals surface area contributed by atoms with Crippen molar-refractivity contribution in [1.29, 1.82) is 0 Å². The van der Waals surface area contributed by atoms with Crippen LogP contribution in [0.25, 0.3) is 11.3 Å². The summed E-state index contributed by atoms with van der Waals surface area (Å²) in [6.07, 6.45) is 2.04. The number of aromatic nitrogens is 1. The third-order valence-electron chi connectivity index (χ3n) is 5.62. The second kappa shape index (κ2) is 8.52. The molecule has 3 aromatic carbocycles. The van der Waals surface area contributed by atoms with Crippen molar-refractivity contribution in [3.63, 3.8) is 0 Å². The largest absolute Gasteiger partial charge is 0.340 e. The summed E-state index contributed by atoms with van der Waals surface area (Å²) < 4.78 is 6.86. The summed E-state index contributed by atoms with van der Waals surface area (Å²) in [6, 6.07) is 33.8. The Morgan fingerprint density at radius 2 is 1.37 bits per heavy atom. The zero-order chi connectivity index (χ0) is 20.3. The summed E-state index contributed by atoms with van der Waals surface area (Å²) >= 11 is 0. The van der Waals surface area contributed by atoms with E-state index >= 15 is 0 Å². The fraction of sp³-hybridized carbons (Fsp3) is 0.148. The minimum Gasteiger partial charge on any atom is -0.340 e. The number of pyridine rings is 1. The van der Waals surface area contributed by atoms with E-state index in [0.29, 0.717) is 0 Å². The van der Waals surface area contributed by atoms with E-state index in [-0.39, 0.29) is 6.10 Å². The molecule has 4 aromatic rings. The van der Waals surface area contributed by atoms with Gasteiger partial charge in [-0.05, 0) is 37.0 Å². The van der Waals surface area contributed by atoms with Gasteiger partial charge in [-0.1, -0.05) is 91.0 Å². The van der Waals surface area contributed by atoms with Gasteiger partial charge in [0.2, 0.25) is 0 Å². The molecule has 1 aliphatic rings. The zero-order valence-electron chi connectivity index (χ0n) is 17.0. The second-order valence-electron chi connectivity index (χ2n) is 7.65. The van der Waals surface area contributed by atoms with Crippen molar-refractivity contribution in [2.45, 2.75) is 25.9 Å².